The first kappa shape index (κ1) is 18.9. The van der Waals surface area contributed by atoms with Crippen LogP contribution in [0.25, 0.3) is 0 Å². The number of nitrogens with zero attached hydrogens (tertiary/aromatic N) is 1. The Kier molecular flexibility index (Phi) is 6.34. The van der Waals surface area contributed by atoms with E-state index in [9.17, 15) is 12.8 Å². The van der Waals surface area contributed by atoms with Gasteiger partial charge in [-0.1, -0.05) is 35.9 Å². The van der Waals surface area contributed by atoms with E-state index in [0.29, 0.717) is 10.6 Å². The molecule has 7 heteroatoms. The van der Waals surface area contributed by atoms with Gasteiger partial charge in [-0.15, -0.1) is 0 Å². The van der Waals surface area contributed by atoms with Gasteiger partial charge in [-0.25, -0.2) is 17.5 Å². The monoisotopic (exact) mass is 370 g/mol. The van der Waals surface area contributed by atoms with E-state index in [2.05, 4.69) is 4.72 Å². The first-order chi connectivity index (χ1) is 11.3. The first-order valence-electron chi connectivity index (χ1n) is 7.40. The van der Waals surface area contributed by atoms with Crippen LogP contribution in [0.1, 0.15) is 17.2 Å². The molecule has 0 aliphatic heterocycles. The normalized spacial score (nSPS) is 13.2. The molecule has 1 N–H and O–H groups in total. The molecule has 0 spiro atoms. The van der Waals surface area contributed by atoms with Crippen molar-refractivity contribution < 1.29 is 12.8 Å². The number of likely N-dealkylation sites (N-methyl/N-ethyl adjacent to an activating group) is 1. The zero-order chi connectivity index (χ0) is 17.7. The van der Waals surface area contributed by atoms with E-state index in [-0.39, 0.29) is 24.2 Å². The number of nitrogens with one attached hydrogen (secondary N) is 1. The maximum atomic E-state index is 12.9. The van der Waals surface area contributed by atoms with Gasteiger partial charge in [-0.3, -0.25) is 0 Å². The van der Waals surface area contributed by atoms with E-state index in [1.54, 1.807) is 12.1 Å². The third kappa shape index (κ3) is 5.56. The molecular formula is C17H20ClFN2O2S. The molecule has 0 aliphatic carbocycles. The van der Waals surface area contributed by atoms with Gasteiger partial charge in [0, 0.05) is 17.6 Å². The van der Waals surface area contributed by atoms with Crippen LogP contribution in [-0.2, 0) is 15.8 Å². The molecule has 130 valence electrons. The van der Waals surface area contributed by atoms with Crippen molar-refractivity contribution in [2.24, 2.45) is 0 Å². The fourth-order valence-electron chi connectivity index (χ4n) is 2.34. The van der Waals surface area contributed by atoms with Gasteiger partial charge in [0.2, 0.25) is 10.0 Å². The molecule has 0 aliphatic rings. The van der Waals surface area contributed by atoms with Crippen molar-refractivity contribution in [3.05, 3.63) is 70.5 Å². The molecule has 2 aromatic carbocycles. The number of rotatable bonds is 7. The second-order valence-corrected chi connectivity index (χ2v) is 8.01. The van der Waals surface area contributed by atoms with Crippen LogP contribution in [0.5, 0.6) is 0 Å². The summed E-state index contributed by atoms with van der Waals surface area (Å²) in [7, 11) is 0.248. The molecule has 0 fully saturated rings. The van der Waals surface area contributed by atoms with Crippen molar-refractivity contribution in [1.82, 2.24) is 9.62 Å². The highest BCUT2D eigenvalue weighted by Crippen LogP contribution is 2.20. The molecule has 0 saturated heterocycles. The number of hydrogen-bond donors (Lipinski definition) is 1. The molecular weight excluding hydrogens is 351 g/mol. The highest BCUT2D eigenvalue weighted by molar-refractivity contribution is 7.88. The summed E-state index contributed by atoms with van der Waals surface area (Å²) >= 11 is 5.90. The summed E-state index contributed by atoms with van der Waals surface area (Å²) in [6.07, 6.45) is 0. The third-order valence-electron chi connectivity index (χ3n) is 3.64. The number of halogens is 2. The fourth-order valence-corrected chi connectivity index (χ4v) is 3.61. The second kappa shape index (κ2) is 8.07. The maximum absolute atomic E-state index is 12.9. The molecule has 2 rings (SSSR count). The Morgan fingerprint density at radius 3 is 2.21 bits per heavy atom. The number of hydrogen-bond acceptors (Lipinski definition) is 3. The molecule has 0 saturated carbocycles. The van der Waals surface area contributed by atoms with Crippen LogP contribution in [0, 0.1) is 5.82 Å². The topological polar surface area (TPSA) is 49.4 Å². The van der Waals surface area contributed by atoms with Crippen LogP contribution >= 0.6 is 11.6 Å². The summed E-state index contributed by atoms with van der Waals surface area (Å²) < 4.78 is 40.0. The summed E-state index contributed by atoms with van der Waals surface area (Å²) in [6, 6.07) is 12.6. The van der Waals surface area contributed by atoms with Crippen molar-refractivity contribution in [3.8, 4) is 0 Å². The molecule has 1 unspecified atom stereocenters. The SMILES string of the molecule is CN(C)C(CNS(=O)(=O)Cc1ccc(F)cc1)c1ccc(Cl)cc1. The summed E-state index contributed by atoms with van der Waals surface area (Å²) in [5.74, 6) is -0.576. The molecule has 0 radical (unpaired) electrons. The lowest BCUT2D eigenvalue weighted by Gasteiger charge is -2.25. The molecule has 0 heterocycles. The molecule has 4 nitrogen and oxygen atoms in total. The van der Waals surface area contributed by atoms with E-state index in [0.717, 1.165) is 5.56 Å². The lowest BCUT2D eigenvalue weighted by atomic mass is 10.1. The van der Waals surface area contributed by atoms with Gasteiger partial charge >= 0.3 is 0 Å². The van der Waals surface area contributed by atoms with Crippen LogP contribution in [0.3, 0.4) is 0 Å². The van der Waals surface area contributed by atoms with Gasteiger partial charge in [0.1, 0.15) is 5.82 Å². The lowest BCUT2D eigenvalue weighted by Crippen LogP contribution is -2.35. The molecule has 0 amide bonds. The van der Waals surface area contributed by atoms with Crippen LogP contribution in [-0.4, -0.2) is 34.0 Å². The quantitative estimate of drug-likeness (QED) is 0.814. The Morgan fingerprint density at radius 2 is 1.67 bits per heavy atom. The largest absolute Gasteiger partial charge is 0.301 e. The smallest absolute Gasteiger partial charge is 0.215 e. The minimum Gasteiger partial charge on any atom is -0.301 e. The van der Waals surface area contributed by atoms with Crippen molar-refractivity contribution in [1.29, 1.82) is 0 Å². The average Bonchev–Trinajstić information content (AvgIpc) is 2.51. The lowest BCUT2D eigenvalue weighted by molar-refractivity contribution is 0.299. The zero-order valence-electron chi connectivity index (χ0n) is 13.5. The van der Waals surface area contributed by atoms with Crippen molar-refractivity contribution in [2.45, 2.75) is 11.8 Å². The zero-order valence-corrected chi connectivity index (χ0v) is 15.1. The van der Waals surface area contributed by atoms with E-state index >= 15 is 0 Å². The Morgan fingerprint density at radius 1 is 1.08 bits per heavy atom. The van der Waals surface area contributed by atoms with E-state index in [1.807, 2.05) is 31.1 Å². The first-order valence-corrected chi connectivity index (χ1v) is 9.43. The number of benzene rings is 2. The standard InChI is InChI=1S/C17H20ClFN2O2S/c1-21(2)17(14-5-7-15(18)8-6-14)11-20-24(22,23)12-13-3-9-16(19)10-4-13/h3-10,17,20H,11-12H2,1-2H3. The average molecular weight is 371 g/mol. The maximum Gasteiger partial charge on any atom is 0.215 e. The summed E-state index contributed by atoms with van der Waals surface area (Å²) in [4.78, 5) is 1.93. The molecule has 0 aromatic heterocycles. The highest BCUT2D eigenvalue weighted by Gasteiger charge is 2.18. The third-order valence-corrected chi connectivity index (χ3v) is 5.22. The summed E-state index contributed by atoms with van der Waals surface area (Å²) in [5, 5.41) is 0.633. The molecule has 1 atom stereocenters. The van der Waals surface area contributed by atoms with E-state index in [4.69, 9.17) is 11.6 Å². The fraction of sp³-hybridized carbons (Fsp3) is 0.294. The Hall–Kier alpha value is -1.47. The van der Waals surface area contributed by atoms with Crippen molar-refractivity contribution in [2.75, 3.05) is 20.6 Å². The minimum atomic E-state index is -3.52. The van der Waals surface area contributed by atoms with Gasteiger partial charge in [-0.05, 0) is 49.5 Å². The Labute approximate surface area is 147 Å². The summed E-state index contributed by atoms with van der Waals surface area (Å²) in [6.45, 7) is 0.234. The summed E-state index contributed by atoms with van der Waals surface area (Å²) in [5.41, 5.74) is 1.51. The Balaban J connectivity index is 2.05. The number of sulfonamides is 1. The van der Waals surface area contributed by atoms with Gasteiger partial charge in [0.05, 0.1) is 5.75 Å². The minimum absolute atomic E-state index is 0.120. The second-order valence-electron chi connectivity index (χ2n) is 5.76. The van der Waals surface area contributed by atoms with E-state index in [1.165, 1.54) is 24.3 Å². The predicted molar refractivity (Wildman–Crippen MR) is 94.9 cm³/mol. The highest BCUT2D eigenvalue weighted by atomic mass is 35.5. The predicted octanol–water partition coefficient (Wildman–Crippen LogP) is 3.20. The van der Waals surface area contributed by atoms with Gasteiger partial charge in [0.25, 0.3) is 0 Å². The van der Waals surface area contributed by atoms with Gasteiger partial charge in [0.15, 0.2) is 0 Å². The van der Waals surface area contributed by atoms with Crippen LogP contribution in [0.4, 0.5) is 4.39 Å². The Bertz CT molecular complexity index is 762. The van der Waals surface area contributed by atoms with Crippen LogP contribution in [0.15, 0.2) is 48.5 Å². The van der Waals surface area contributed by atoms with Crippen molar-refractivity contribution >= 4 is 21.6 Å². The van der Waals surface area contributed by atoms with Crippen molar-refractivity contribution in [3.63, 3.8) is 0 Å². The van der Waals surface area contributed by atoms with Gasteiger partial charge < -0.3 is 4.90 Å². The molecule has 24 heavy (non-hydrogen) atoms. The van der Waals surface area contributed by atoms with E-state index < -0.39 is 10.0 Å². The molecule has 2 aromatic rings. The van der Waals surface area contributed by atoms with Crippen LogP contribution < -0.4 is 4.72 Å². The van der Waals surface area contributed by atoms with Crippen LogP contribution in [0.2, 0.25) is 5.02 Å². The van der Waals surface area contributed by atoms with Gasteiger partial charge in [-0.2, -0.15) is 0 Å². The molecule has 0 bridgehead atoms.